The summed E-state index contributed by atoms with van der Waals surface area (Å²) in [5.41, 5.74) is -0.317. The van der Waals surface area contributed by atoms with Crippen LogP contribution < -0.4 is 5.56 Å². The molecule has 0 spiro atoms. The Hall–Kier alpha value is -1.56. The Morgan fingerprint density at radius 2 is 2.12 bits per heavy atom. The van der Waals surface area contributed by atoms with Crippen LogP contribution in [0.15, 0.2) is 17.1 Å². The Bertz CT molecular complexity index is 480. The number of nitrogens with zero attached hydrogens (tertiary/aromatic N) is 3. The second kappa shape index (κ2) is 4.75. The van der Waals surface area contributed by atoms with Crippen molar-refractivity contribution in [2.45, 2.75) is 18.9 Å². The molecule has 0 aliphatic carbocycles. The first kappa shape index (κ1) is 11.9. The number of rotatable bonds is 1. The van der Waals surface area contributed by atoms with Crippen molar-refractivity contribution in [3.8, 4) is 0 Å². The molecule has 0 radical (unpaired) electrons. The molecule has 1 fully saturated rings. The van der Waals surface area contributed by atoms with E-state index in [9.17, 15) is 9.59 Å². The normalized spacial score (nSPS) is 17.1. The van der Waals surface area contributed by atoms with Crippen LogP contribution in [0.25, 0.3) is 0 Å². The third-order valence-corrected chi connectivity index (χ3v) is 3.19. The number of halogens is 1. The predicted octanol–water partition coefficient (Wildman–Crippen LogP) is 1.21. The molecule has 0 saturated carbocycles. The Kier molecular flexibility index (Phi) is 3.33. The lowest BCUT2D eigenvalue weighted by molar-refractivity contribution is 0.123. The zero-order chi connectivity index (χ0) is 12.4. The lowest BCUT2D eigenvalue weighted by atomic mass is 10.1. The van der Waals surface area contributed by atoms with Gasteiger partial charge in [0.15, 0.2) is 0 Å². The predicted molar refractivity (Wildman–Crippen MR) is 61.4 cm³/mol. The van der Waals surface area contributed by atoms with Crippen molar-refractivity contribution >= 4 is 17.7 Å². The van der Waals surface area contributed by atoms with Crippen molar-refractivity contribution in [2.75, 3.05) is 13.1 Å². The molecular weight excluding hydrogens is 246 g/mol. The molecule has 0 bridgehead atoms. The van der Waals surface area contributed by atoms with Crippen LogP contribution in [0.4, 0.5) is 4.79 Å². The summed E-state index contributed by atoms with van der Waals surface area (Å²) in [5, 5.41) is 12.9. The number of likely N-dealkylation sites (tertiary alicyclic amines) is 1. The first-order valence-electron chi connectivity index (χ1n) is 5.31. The Labute approximate surface area is 102 Å². The largest absolute Gasteiger partial charge is 0.465 e. The summed E-state index contributed by atoms with van der Waals surface area (Å²) >= 11 is 5.73. The SMILES string of the molecule is O=C(O)N1CCC(n2nccc(Cl)c2=O)CC1. The van der Waals surface area contributed by atoms with E-state index >= 15 is 0 Å². The van der Waals surface area contributed by atoms with Crippen LogP contribution in [0.2, 0.25) is 5.02 Å². The highest BCUT2D eigenvalue weighted by atomic mass is 35.5. The topological polar surface area (TPSA) is 75.4 Å². The van der Waals surface area contributed by atoms with Crippen LogP contribution in [0, 0.1) is 0 Å². The van der Waals surface area contributed by atoms with E-state index in [-0.39, 0.29) is 16.6 Å². The van der Waals surface area contributed by atoms with Crippen LogP contribution >= 0.6 is 11.6 Å². The van der Waals surface area contributed by atoms with Gasteiger partial charge in [-0.05, 0) is 18.9 Å². The molecule has 7 heteroatoms. The van der Waals surface area contributed by atoms with Gasteiger partial charge in [0.1, 0.15) is 5.02 Å². The van der Waals surface area contributed by atoms with Crippen LogP contribution in [0.5, 0.6) is 0 Å². The number of hydrogen-bond acceptors (Lipinski definition) is 3. The molecule has 2 rings (SSSR count). The number of carbonyl (C=O) groups is 1. The quantitative estimate of drug-likeness (QED) is 0.821. The molecule has 1 aromatic rings. The molecule has 1 aromatic heterocycles. The van der Waals surface area contributed by atoms with E-state index in [1.165, 1.54) is 21.8 Å². The maximum absolute atomic E-state index is 11.7. The van der Waals surface area contributed by atoms with E-state index in [0.717, 1.165) is 0 Å². The van der Waals surface area contributed by atoms with Crippen molar-refractivity contribution in [1.82, 2.24) is 14.7 Å². The zero-order valence-electron chi connectivity index (χ0n) is 9.04. The van der Waals surface area contributed by atoms with Gasteiger partial charge in [-0.25, -0.2) is 9.48 Å². The van der Waals surface area contributed by atoms with Gasteiger partial charge in [-0.1, -0.05) is 11.6 Å². The van der Waals surface area contributed by atoms with E-state index in [1.807, 2.05) is 0 Å². The van der Waals surface area contributed by atoms with Crippen molar-refractivity contribution in [3.05, 3.63) is 27.6 Å². The number of amides is 1. The van der Waals surface area contributed by atoms with Crippen LogP contribution in [-0.2, 0) is 0 Å². The number of aromatic nitrogens is 2. The summed E-state index contributed by atoms with van der Waals surface area (Å²) in [7, 11) is 0. The van der Waals surface area contributed by atoms with E-state index in [1.54, 1.807) is 0 Å². The van der Waals surface area contributed by atoms with Crippen LogP contribution in [-0.4, -0.2) is 39.0 Å². The molecule has 0 aromatic carbocycles. The minimum atomic E-state index is -0.921. The summed E-state index contributed by atoms with van der Waals surface area (Å²) < 4.78 is 1.35. The molecule has 1 amide bonds. The molecule has 0 atom stereocenters. The first-order chi connectivity index (χ1) is 8.09. The standard InChI is InChI=1S/C10H12ClN3O3/c11-8-1-4-12-14(9(8)15)7-2-5-13(6-3-7)10(16)17/h1,4,7H,2-3,5-6H2,(H,16,17). The van der Waals surface area contributed by atoms with Crippen LogP contribution in [0.3, 0.4) is 0 Å². The lowest BCUT2D eigenvalue weighted by Gasteiger charge is -2.30. The summed E-state index contributed by atoms with van der Waals surface area (Å²) in [6.45, 7) is 0.835. The number of piperidine rings is 1. The Balaban J connectivity index is 2.13. The third kappa shape index (κ3) is 2.41. The maximum atomic E-state index is 11.7. The van der Waals surface area contributed by atoms with Crippen molar-refractivity contribution in [1.29, 1.82) is 0 Å². The van der Waals surface area contributed by atoms with Gasteiger partial charge in [-0.15, -0.1) is 0 Å². The average molecular weight is 258 g/mol. The average Bonchev–Trinajstić information content (AvgIpc) is 2.33. The third-order valence-electron chi connectivity index (χ3n) is 2.91. The monoisotopic (exact) mass is 257 g/mol. The van der Waals surface area contributed by atoms with E-state index in [0.29, 0.717) is 25.9 Å². The minimum absolute atomic E-state index is 0.0724. The van der Waals surface area contributed by atoms with E-state index < -0.39 is 6.09 Å². The summed E-state index contributed by atoms with van der Waals surface area (Å²) in [4.78, 5) is 23.8. The summed E-state index contributed by atoms with van der Waals surface area (Å²) in [5.74, 6) is 0. The molecular formula is C10H12ClN3O3. The minimum Gasteiger partial charge on any atom is -0.465 e. The highest BCUT2D eigenvalue weighted by Crippen LogP contribution is 2.20. The molecule has 6 nitrogen and oxygen atoms in total. The van der Waals surface area contributed by atoms with Crippen molar-refractivity contribution in [3.63, 3.8) is 0 Å². The van der Waals surface area contributed by atoms with Crippen molar-refractivity contribution in [2.24, 2.45) is 0 Å². The molecule has 1 N–H and O–H groups in total. The van der Waals surface area contributed by atoms with Gasteiger partial charge in [0.2, 0.25) is 0 Å². The fraction of sp³-hybridized carbons (Fsp3) is 0.500. The van der Waals surface area contributed by atoms with E-state index in [4.69, 9.17) is 16.7 Å². The van der Waals surface area contributed by atoms with Gasteiger partial charge >= 0.3 is 6.09 Å². The number of hydrogen-bond donors (Lipinski definition) is 1. The van der Waals surface area contributed by atoms with Gasteiger partial charge in [-0.2, -0.15) is 5.10 Å². The van der Waals surface area contributed by atoms with Gasteiger partial charge < -0.3 is 10.0 Å². The fourth-order valence-corrected chi connectivity index (χ4v) is 2.11. The molecule has 1 saturated heterocycles. The highest BCUT2D eigenvalue weighted by molar-refractivity contribution is 6.30. The molecule has 1 aliphatic rings. The first-order valence-corrected chi connectivity index (χ1v) is 5.68. The fourth-order valence-electron chi connectivity index (χ4n) is 1.97. The molecule has 17 heavy (non-hydrogen) atoms. The maximum Gasteiger partial charge on any atom is 0.407 e. The number of carboxylic acid groups (broad SMARTS) is 1. The smallest absolute Gasteiger partial charge is 0.407 e. The summed E-state index contributed by atoms with van der Waals surface area (Å²) in [6.07, 6.45) is 1.72. The van der Waals surface area contributed by atoms with Gasteiger partial charge in [0.25, 0.3) is 5.56 Å². The second-order valence-corrected chi connectivity index (χ2v) is 4.34. The van der Waals surface area contributed by atoms with E-state index in [2.05, 4.69) is 5.10 Å². The Morgan fingerprint density at radius 1 is 1.47 bits per heavy atom. The van der Waals surface area contributed by atoms with Crippen LogP contribution in [0.1, 0.15) is 18.9 Å². The molecule has 0 unspecified atom stereocenters. The molecule has 2 heterocycles. The van der Waals surface area contributed by atoms with Gasteiger partial charge in [-0.3, -0.25) is 4.79 Å². The zero-order valence-corrected chi connectivity index (χ0v) is 9.80. The van der Waals surface area contributed by atoms with Gasteiger partial charge in [0.05, 0.1) is 6.04 Å². The van der Waals surface area contributed by atoms with Crippen molar-refractivity contribution < 1.29 is 9.90 Å². The molecule has 92 valence electrons. The lowest BCUT2D eigenvalue weighted by Crippen LogP contribution is -2.40. The Morgan fingerprint density at radius 3 is 2.71 bits per heavy atom. The summed E-state index contributed by atoms with van der Waals surface area (Å²) in [6, 6.07) is 1.38. The van der Waals surface area contributed by atoms with Gasteiger partial charge in [0, 0.05) is 19.3 Å². The second-order valence-electron chi connectivity index (χ2n) is 3.93. The molecule has 1 aliphatic heterocycles. The highest BCUT2D eigenvalue weighted by Gasteiger charge is 2.24.